The number of nitrogens with two attached hydrogens (primary N) is 2. The molecule has 0 bridgehead atoms. The number of aliphatic carboxylic acids is 1. The van der Waals surface area contributed by atoms with Crippen molar-refractivity contribution in [2.24, 2.45) is 10.9 Å². The second-order valence-corrected chi connectivity index (χ2v) is 10.4. The van der Waals surface area contributed by atoms with Crippen LogP contribution in [0.3, 0.4) is 0 Å². The Labute approximate surface area is 215 Å². The number of carbonyl (C=O) groups is 4. The lowest BCUT2D eigenvalue weighted by Gasteiger charge is -2.51. The van der Waals surface area contributed by atoms with Crippen molar-refractivity contribution in [3.05, 3.63) is 34.5 Å². The third-order valence-corrected chi connectivity index (χ3v) is 7.87. The van der Waals surface area contributed by atoms with Gasteiger partial charge >= 0.3 is 0 Å². The molecule has 0 aliphatic carbocycles. The summed E-state index contributed by atoms with van der Waals surface area (Å²) < 4.78 is 0.386. The lowest BCUT2D eigenvalue weighted by atomic mass is 10.0. The van der Waals surface area contributed by atoms with Gasteiger partial charge in [0.25, 0.3) is 11.8 Å². The Bertz CT molecular complexity index is 1160. The zero-order valence-corrected chi connectivity index (χ0v) is 21.6. The van der Waals surface area contributed by atoms with Gasteiger partial charge in [-0.05, 0) is 13.0 Å². The number of carboxylic acids is 1. The summed E-state index contributed by atoms with van der Waals surface area (Å²) in [5, 5.41) is 19.5. The van der Waals surface area contributed by atoms with Gasteiger partial charge in [0.2, 0.25) is 5.91 Å². The average Bonchev–Trinajstić information content (AvgIpc) is 3.25. The van der Waals surface area contributed by atoms with E-state index in [0.29, 0.717) is 35.4 Å². The predicted octanol–water partition coefficient (Wildman–Crippen LogP) is -2.01. The highest BCUT2D eigenvalue weighted by atomic mass is 32.2. The zero-order chi connectivity index (χ0) is 26.6. The minimum absolute atomic E-state index is 0.158. The van der Waals surface area contributed by atoms with Crippen LogP contribution in [0.2, 0.25) is 0 Å². The Hall–Kier alpha value is -3.43. The van der Waals surface area contributed by atoms with E-state index in [-0.39, 0.29) is 22.2 Å². The van der Waals surface area contributed by atoms with Gasteiger partial charge < -0.3 is 36.0 Å². The number of quaternary nitrogens is 1. The summed E-state index contributed by atoms with van der Waals surface area (Å²) in [5.41, 5.74) is 11.2. The molecule has 0 aromatic carbocycles. The summed E-state index contributed by atoms with van der Waals surface area (Å²) in [6.07, 6.45) is 2.90. The Morgan fingerprint density at radius 3 is 2.72 bits per heavy atom. The van der Waals surface area contributed by atoms with Gasteiger partial charge in [0.1, 0.15) is 30.8 Å². The standard InChI is InChI=1S/C21H27N7O6S2/c1-4-28(2,7-5-6-13(22)29)8-11-9-35-19-15(18(31)27(19)16(11)20(32)33)25-17(30)14(26-34-3)12-10-36-21(23)24-12/h5-6,10,15,19H,4,7-9H2,1-3H3,(H5-,22,23,24,25,29,30,32,33)/b6-5+,26-14-/t15-,19-,28?/m1/s1. The number of carboxylic acid groups (broad SMARTS) is 1. The van der Waals surface area contributed by atoms with Crippen molar-refractivity contribution in [2.45, 2.75) is 18.3 Å². The van der Waals surface area contributed by atoms with Gasteiger partial charge in [-0.1, -0.05) is 5.16 Å². The van der Waals surface area contributed by atoms with Crippen LogP contribution in [0.5, 0.6) is 0 Å². The van der Waals surface area contributed by atoms with Crippen LogP contribution in [0.1, 0.15) is 12.6 Å². The number of rotatable bonds is 11. The molecule has 3 rings (SSSR count). The third kappa shape index (κ3) is 5.68. The molecular formula is C21H27N7O6S2. The monoisotopic (exact) mass is 537 g/mol. The molecule has 2 aliphatic heterocycles. The van der Waals surface area contributed by atoms with E-state index in [1.165, 1.54) is 30.3 Å². The van der Waals surface area contributed by atoms with Crippen molar-refractivity contribution in [3.63, 3.8) is 0 Å². The summed E-state index contributed by atoms with van der Waals surface area (Å²) in [7, 11) is 3.17. The molecule has 3 heterocycles. The molecule has 2 aliphatic rings. The fourth-order valence-electron chi connectivity index (χ4n) is 3.88. The molecule has 1 saturated heterocycles. The fourth-order valence-corrected chi connectivity index (χ4v) is 5.77. The maximum atomic E-state index is 13.0. The van der Waals surface area contributed by atoms with E-state index in [1.54, 1.807) is 6.08 Å². The quantitative estimate of drug-likeness (QED) is 0.0940. The molecule has 194 valence electrons. The Kier molecular flexibility index (Phi) is 8.37. The molecule has 13 nitrogen and oxygen atoms in total. The third-order valence-electron chi connectivity index (χ3n) is 5.85. The van der Waals surface area contributed by atoms with E-state index in [4.69, 9.17) is 16.3 Å². The van der Waals surface area contributed by atoms with Crippen molar-refractivity contribution in [1.82, 2.24) is 15.2 Å². The minimum Gasteiger partial charge on any atom is -0.543 e. The van der Waals surface area contributed by atoms with Crippen LogP contribution in [-0.2, 0) is 24.0 Å². The summed E-state index contributed by atoms with van der Waals surface area (Å²) >= 11 is 2.45. The lowest BCUT2D eigenvalue weighted by Crippen LogP contribution is -2.71. The summed E-state index contributed by atoms with van der Waals surface area (Å²) in [4.78, 5) is 58.9. The van der Waals surface area contributed by atoms with Gasteiger partial charge in [-0.15, -0.1) is 23.1 Å². The number of anilines is 1. The first-order valence-electron chi connectivity index (χ1n) is 10.8. The number of nitrogen functional groups attached to an aromatic ring is 1. The molecule has 1 unspecified atom stereocenters. The second kappa shape index (κ2) is 11.1. The maximum absolute atomic E-state index is 13.0. The van der Waals surface area contributed by atoms with Crippen LogP contribution in [-0.4, -0.2) is 94.7 Å². The highest BCUT2D eigenvalue weighted by Crippen LogP contribution is 2.40. The van der Waals surface area contributed by atoms with Gasteiger partial charge in [0.05, 0.1) is 31.8 Å². The van der Waals surface area contributed by atoms with E-state index in [1.807, 2.05) is 14.0 Å². The second-order valence-electron chi connectivity index (χ2n) is 8.38. The number of amides is 3. The number of oxime groups is 1. The number of carbonyl (C=O) groups excluding carboxylic acids is 4. The minimum atomic E-state index is -1.47. The highest BCUT2D eigenvalue weighted by Gasteiger charge is 2.53. The van der Waals surface area contributed by atoms with Gasteiger partial charge in [-0.25, -0.2) is 4.98 Å². The predicted molar refractivity (Wildman–Crippen MR) is 132 cm³/mol. The van der Waals surface area contributed by atoms with Gasteiger partial charge in [0.15, 0.2) is 10.8 Å². The number of likely N-dealkylation sites (N-methyl/N-ethyl adjacent to an activating group) is 1. The number of thiazole rings is 1. The van der Waals surface area contributed by atoms with E-state index >= 15 is 0 Å². The Balaban J connectivity index is 1.79. The molecule has 15 heteroatoms. The van der Waals surface area contributed by atoms with Crippen molar-refractivity contribution >= 4 is 57.6 Å². The number of nitrogens with zero attached hydrogens (tertiary/aromatic N) is 4. The van der Waals surface area contributed by atoms with Crippen LogP contribution in [0, 0.1) is 0 Å². The van der Waals surface area contributed by atoms with E-state index in [2.05, 4.69) is 15.5 Å². The smallest absolute Gasteiger partial charge is 0.276 e. The van der Waals surface area contributed by atoms with Crippen LogP contribution in [0.15, 0.2) is 34.0 Å². The molecule has 5 N–H and O–H groups in total. The molecular weight excluding hydrogens is 510 g/mol. The molecule has 1 aromatic rings. The Morgan fingerprint density at radius 1 is 1.44 bits per heavy atom. The van der Waals surface area contributed by atoms with Crippen LogP contribution in [0.4, 0.5) is 5.13 Å². The zero-order valence-electron chi connectivity index (χ0n) is 19.9. The van der Waals surface area contributed by atoms with Crippen molar-refractivity contribution < 1.29 is 33.6 Å². The Morgan fingerprint density at radius 2 is 2.17 bits per heavy atom. The van der Waals surface area contributed by atoms with Gasteiger partial charge in [-0.3, -0.25) is 19.3 Å². The maximum Gasteiger partial charge on any atom is 0.276 e. The number of nitrogens with one attached hydrogen (secondary N) is 1. The first-order valence-corrected chi connectivity index (χ1v) is 12.7. The van der Waals surface area contributed by atoms with Crippen molar-refractivity contribution in [3.8, 4) is 0 Å². The molecule has 36 heavy (non-hydrogen) atoms. The number of primary amides is 1. The van der Waals surface area contributed by atoms with Gasteiger partial charge in [-0.2, -0.15) is 0 Å². The van der Waals surface area contributed by atoms with Gasteiger partial charge in [0, 0.05) is 22.8 Å². The molecule has 1 aromatic heterocycles. The summed E-state index contributed by atoms with van der Waals surface area (Å²) in [6.45, 7) is 3.33. The largest absolute Gasteiger partial charge is 0.543 e. The molecule has 0 radical (unpaired) electrons. The first kappa shape index (κ1) is 27.2. The van der Waals surface area contributed by atoms with E-state index in [0.717, 1.165) is 16.2 Å². The SMILES string of the molecule is CC[N+](C)(C/C=C/C(N)=O)CC1=C(C(=O)[O-])N2C(=O)[C@@H](NC(=O)/C(=N\OC)c3csc(N)n3)[C@H]2SC1. The molecule has 3 amide bonds. The number of thioether (sulfide) groups is 1. The van der Waals surface area contributed by atoms with Crippen LogP contribution in [0.25, 0.3) is 0 Å². The van der Waals surface area contributed by atoms with E-state index in [9.17, 15) is 24.3 Å². The van der Waals surface area contributed by atoms with E-state index < -0.39 is 35.1 Å². The molecule has 0 spiro atoms. The number of aromatic nitrogens is 1. The van der Waals surface area contributed by atoms with Crippen molar-refractivity contribution in [1.29, 1.82) is 0 Å². The number of fused-ring (bicyclic) bond motifs is 1. The van der Waals surface area contributed by atoms with Crippen LogP contribution >= 0.6 is 23.1 Å². The average molecular weight is 538 g/mol. The highest BCUT2D eigenvalue weighted by molar-refractivity contribution is 8.00. The number of hydrogen-bond acceptors (Lipinski definition) is 11. The normalized spacial score (nSPS) is 21.6. The summed E-state index contributed by atoms with van der Waals surface area (Å²) in [6, 6.07) is -0.970. The molecule has 3 atom stereocenters. The van der Waals surface area contributed by atoms with Crippen LogP contribution < -0.4 is 21.9 Å². The number of β-lactam (4-membered cyclic amide) rings is 1. The fraction of sp³-hybridized carbons (Fsp3) is 0.429. The number of hydrogen-bond donors (Lipinski definition) is 3. The molecule has 1 fully saturated rings. The molecule has 0 saturated carbocycles. The first-order chi connectivity index (χ1) is 17.0. The topological polar surface area (TPSA) is 193 Å². The summed E-state index contributed by atoms with van der Waals surface area (Å²) in [5.74, 6) is -3.00. The lowest BCUT2D eigenvalue weighted by molar-refractivity contribution is -0.897. The van der Waals surface area contributed by atoms with Crippen molar-refractivity contribution in [2.75, 3.05) is 45.3 Å².